The summed E-state index contributed by atoms with van der Waals surface area (Å²) in [6.45, 7) is 5.64. The van der Waals surface area contributed by atoms with Crippen LogP contribution < -0.4 is 5.32 Å². The summed E-state index contributed by atoms with van der Waals surface area (Å²) in [4.78, 5) is 0. The van der Waals surface area contributed by atoms with Crippen molar-refractivity contribution < 1.29 is 0 Å². The van der Waals surface area contributed by atoms with Gasteiger partial charge in [0.2, 0.25) is 0 Å². The SMILES string of the molecule is CCCNC(CC)c1ccccc1C1CCC1. The molecule has 0 aromatic heterocycles. The Kier molecular flexibility index (Phi) is 4.61. The summed E-state index contributed by atoms with van der Waals surface area (Å²) >= 11 is 0. The highest BCUT2D eigenvalue weighted by Crippen LogP contribution is 2.39. The van der Waals surface area contributed by atoms with Gasteiger partial charge >= 0.3 is 0 Å². The van der Waals surface area contributed by atoms with Crippen LogP contribution >= 0.6 is 0 Å². The van der Waals surface area contributed by atoms with Crippen LogP contribution in [0.15, 0.2) is 24.3 Å². The number of hydrogen-bond acceptors (Lipinski definition) is 1. The van der Waals surface area contributed by atoms with E-state index in [2.05, 4.69) is 43.4 Å². The molecule has 1 N–H and O–H groups in total. The largest absolute Gasteiger partial charge is 0.310 e. The maximum atomic E-state index is 3.68. The van der Waals surface area contributed by atoms with Gasteiger partial charge < -0.3 is 5.32 Å². The molecule has 17 heavy (non-hydrogen) atoms. The van der Waals surface area contributed by atoms with Gasteiger partial charge in [-0.3, -0.25) is 0 Å². The molecule has 1 fully saturated rings. The normalized spacial score (nSPS) is 17.8. The molecule has 0 amide bonds. The van der Waals surface area contributed by atoms with Crippen molar-refractivity contribution in [2.24, 2.45) is 0 Å². The van der Waals surface area contributed by atoms with E-state index in [0.29, 0.717) is 6.04 Å². The number of nitrogens with one attached hydrogen (secondary N) is 1. The van der Waals surface area contributed by atoms with Crippen molar-refractivity contribution >= 4 is 0 Å². The molecule has 1 aromatic carbocycles. The van der Waals surface area contributed by atoms with Gasteiger partial charge in [-0.25, -0.2) is 0 Å². The van der Waals surface area contributed by atoms with Crippen molar-refractivity contribution in [1.29, 1.82) is 0 Å². The first-order chi connectivity index (χ1) is 8.36. The summed E-state index contributed by atoms with van der Waals surface area (Å²) in [5, 5.41) is 3.68. The quantitative estimate of drug-likeness (QED) is 0.765. The second kappa shape index (κ2) is 6.20. The van der Waals surface area contributed by atoms with Crippen LogP contribution in [-0.4, -0.2) is 6.54 Å². The van der Waals surface area contributed by atoms with Gasteiger partial charge in [-0.15, -0.1) is 0 Å². The monoisotopic (exact) mass is 231 g/mol. The fraction of sp³-hybridized carbons (Fsp3) is 0.625. The predicted molar refractivity (Wildman–Crippen MR) is 74.4 cm³/mol. The summed E-state index contributed by atoms with van der Waals surface area (Å²) in [7, 11) is 0. The minimum Gasteiger partial charge on any atom is -0.310 e. The lowest BCUT2D eigenvalue weighted by atomic mass is 9.77. The molecule has 0 bridgehead atoms. The van der Waals surface area contributed by atoms with Crippen molar-refractivity contribution in [3.63, 3.8) is 0 Å². The summed E-state index contributed by atoms with van der Waals surface area (Å²) < 4.78 is 0. The highest BCUT2D eigenvalue weighted by Gasteiger charge is 2.23. The van der Waals surface area contributed by atoms with E-state index in [1.54, 1.807) is 11.1 Å². The molecule has 1 nitrogen and oxygen atoms in total. The van der Waals surface area contributed by atoms with Crippen molar-refractivity contribution in [2.75, 3.05) is 6.54 Å². The first-order valence-corrected chi connectivity index (χ1v) is 7.19. The number of benzene rings is 1. The Bertz CT molecular complexity index is 341. The van der Waals surface area contributed by atoms with Crippen LogP contribution in [0.2, 0.25) is 0 Å². The van der Waals surface area contributed by atoms with Crippen LogP contribution in [0.25, 0.3) is 0 Å². The lowest BCUT2D eigenvalue weighted by Crippen LogP contribution is -2.24. The Hall–Kier alpha value is -0.820. The third kappa shape index (κ3) is 2.90. The lowest BCUT2D eigenvalue weighted by molar-refractivity contribution is 0.410. The fourth-order valence-electron chi connectivity index (χ4n) is 2.71. The smallest absolute Gasteiger partial charge is 0.0320 e. The maximum absolute atomic E-state index is 3.68. The van der Waals surface area contributed by atoms with Crippen molar-refractivity contribution in [2.45, 2.75) is 57.9 Å². The van der Waals surface area contributed by atoms with Gasteiger partial charge in [0.05, 0.1) is 0 Å². The van der Waals surface area contributed by atoms with Crippen molar-refractivity contribution in [3.8, 4) is 0 Å². The zero-order valence-corrected chi connectivity index (χ0v) is 11.2. The molecular formula is C16H25N. The van der Waals surface area contributed by atoms with Gasteiger partial charge in [0.25, 0.3) is 0 Å². The Balaban J connectivity index is 2.16. The van der Waals surface area contributed by atoms with Gasteiger partial charge in [-0.2, -0.15) is 0 Å². The Labute approximate surface area is 106 Å². The molecule has 1 atom stereocenters. The molecule has 1 saturated carbocycles. The highest BCUT2D eigenvalue weighted by molar-refractivity contribution is 5.34. The fourth-order valence-corrected chi connectivity index (χ4v) is 2.71. The summed E-state index contributed by atoms with van der Waals surface area (Å²) in [5.41, 5.74) is 3.15. The minimum atomic E-state index is 0.548. The van der Waals surface area contributed by atoms with E-state index in [1.807, 2.05) is 0 Å². The van der Waals surface area contributed by atoms with Gasteiger partial charge in [-0.05, 0) is 49.3 Å². The lowest BCUT2D eigenvalue weighted by Gasteiger charge is -2.30. The molecule has 2 rings (SSSR count). The van der Waals surface area contributed by atoms with Gasteiger partial charge in [0.1, 0.15) is 0 Å². The average Bonchev–Trinajstić information content (AvgIpc) is 2.30. The van der Waals surface area contributed by atoms with Crippen LogP contribution in [0.1, 0.15) is 69.0 Å². The summed E-state index contributed by atoms with van der Waals surface area (Å²) in [6.07, 6.45) is 6.59. The molecule has 1 unspecified atom stereocenters. The molecule has 1 heteroatoms. The van der Waals surface area contributed by atoms with Crippen molar-refractivity contribution in [3.05, 3.63) is 35.4 Å². The van der Waals surface area contributed by atoms with Crippen LogP contribution in [0, 0.1) is 0 Å². The van der Waals surface area contributed by atoms with E-state index in [0.717, 1.165) is 12.5 Å². The second-order valence-corrected chi connectivity index (χ2v) is 5.17. The standard InChI is InChI=1S/C16H25N/c1-3-12-17-16(4-2)15-11-6-5-10-14(15)13-8-7-9-13/h5-6,10-11,13,16-17H,3-4,7-9,12H2,1-2H3. The number of rotatable bonds is 6. The van der Waals surface area contributed by atoms with Crippen molar-refractivity contribution in [1.82, 2.24) is 5.32 Å². The van der Waals surface area contributed by atoms with E-state index in [9.17, 15) is 0 Å². The van der Waals surface area contributed by atoms with E-state index in [4.69, 9.17) is 0 Å². The average molecular weight is 231 g/mol. The summed E-state index contributed by atoms with van der Waals surface area (Å²) in [6, 6.07) is 9.60. The van der Waals surface area contributed by atoms with E-state index in [1.165, 1.54) is 32.1 Å². The van der Waals surface area contributed by atoms with Gasteiger partial charge in [0.15, 0.2) is 0 Å². The molecule has 0 spiro atoms. The molecule has 94 valence electrons. The van der Waals surface area contributed by atoms with Crippen LogP contribution in [0.3, 0.4) is 0 Å². The molecule has 0 saturated heterocycles. The predicted octanol–water partition coefficient (Wildman–Crippen LogP) is 4.40. The van der Waals surface area contributed by atoms with Crippen LogP contribution in [-0.2, 0) is 0 Å². The molecule has 1 aromatic rings. The Morgan fingerprint density at radius 1 is 1.24 bits per heavy atom. The van der Waals surface area contributed by atoms with Crippen LogP contribution in [0.4, 0.5) is 0 Å². The molecule has 0 aliphatic heterocycles. The zero-order valence-electron chi connectivity index (χ0n) is 11.2. The van der Waals surface area contributed by atoms with E-state index >= 15 is 0 Å². The topological polar surface area (TPSA) is 12.0 Å². The van der Waals surface area contributed by atoms with E-state index in [-0.39, 0.29) is 0 Å². The first-order valence-electron chi connectivity index (χ1n) is 7.19. The first kappa shape index (κ1) is 12.6. The molecule has 1 aliphatic rings. The minimum absolute atomic E-state index is 0.548. The summed E-state index contributed by atoms with van der Waals surface area (Å²) in [5.74, 6) is 0.837. The Morgan fingerprint density at radius 3 is 2.59 bits per heavy atom. The molecule has 0 radical (unpaired) electrons. The van der Waals surface area contributed by atoms with Crippen LogP contribution in [0.5, 0.6) is 0 Å². The van der Waals surface area contributed by atoms with Gasteiger partial charge in [-0.1, -0.05) is 44.5 Å². The zero-order chi connectivity index (χ0) is 12.1. The second-order valence-electron chi connectivity index (χ2n) is 5.17. The van der Waals surface area contributed by atoms with Gasteiger partial charge in [0, 0.05) is 6.04 Å². The maximum Gasteiger partial charge on any atom is 0.0320 e. The third-order valence-corrected chi connectivity index (χ3v) is 3.97. The molecule has 0 heterocycles. The Morgan fingerprint density at radius 2 is 2.00 bits per heavy atom. The molecular weight excluding hydrogens is 206 g/mol. The third-order valence-electron chi connectivity index (χ3n) is 3.97. The van der Waals surface area contributed by atoms with E-state index < -0.39 is 0 Å². The number of hydrogen-bond donors (Lipinski definition) is 1. The highest BCUT2D eigenvalue weighted by atomic mass is 14.9. The molecule has 1 aliphatic carbocycles.